The number of hydrogen-bond acceptors (Lipinski definition) is 6. The van der Waals surface area contributed by atoms with Gasteiger partial charge in [0.2, 0.25) is 6.10 Å². The second-order valence-corrected chi connectivity index (χ2v) is 9.25. The summed E-state index contributed by atoms with van der Waals surface area (Å²) in [6.45, 7) is 0.0730. The van der Waals surface area contributed by atoms with Gasteiger partial charge in [-0.3, -0.25) is 0 Å². The minimum absolute atomic E-state index is 0.0730. The van der Waals surface area contributed by atoms with Gasteiger partial charge in [0.25, 0.3) is 0 Å². The van der Waals surface area contributed by atoms with Crippen LogP contribution in [0.1, 0.15) is 28.7 Å². The number of carboxylic acid groups (broad SMARTS) is 1. The molecule has 2 atom stereocenters. The molecule has 0 bridgehead atoms. The molecule has 1 amide bonds. The van der Waals surface area contributed by atoms with Crippen molar-refractivity contribution in [1.29, 1.82) is 0 Å². The molecule has 5 rings (SSSR count). The molecule has 1 aliphatic rings. The van der Waals surface area contributed by atoms with Crippen LogP contribution in [0.15, 0.2) is 97.1 Å². The Morgan fingerprint density at radius 3 is 2.02 bits per heavy atom. The van der Waals surface area contributed by atoms with E-state index in [2.05, 4.69) is 17.4 Å². The Morgan fingerprint density at radius 1 is 0.800 bits per heavy atom. The van der Waals surface area contributed by atoms with E-state index in [9.17, 15) is 14.7 Å². The van der Waals surface area contributed by atoms with Crippen LogP contribution in [-0.4, -0.2) is 44.1 Å². The van der Waals surface area contributed by atoms with Gasteiger partial charge >= 0.3 is 12.1 Å². The molecule has 0 aromatic heterocycles. The molecule has 1 aliphatic carbocycles. The summed E-state index contributed by atoms with van der Waals surface area (Å²) in [5.41, 5.74) is 4.74. The van der Waals surface area contributed by atoms with E-state index >= 15 is 0 Å². The number of aliphatic carboxylic acids is 1. The summed E-state index contributed by atoms with van der Waals surface area (Å²) in [6.07, 6.45) is -2.28. The van der Waals surface area contributed by atoms with Crippen molar-refractivity contribution < 1.29 is 33.6 Å². The predicted molar refractivity (Wildman–Crippen MR) is 149 cm³/mol. The number of carbonyl (C=O) groups is 2. The number of rotatable bonds is 10. The molecule has 4 aromatic rings. The highest BCUT2D eigenvalue weighted by Crippen LogP contribution is 2.44. The van der Waals surface area contributed by atoms with E-state index in [4.69, 9.17) is 18.9 Å². The predicted octanol–water partition coefficient (Wildman–Crippen LogP) is 5.82. The third-order valence-corrected chi connectivity index (χ3v) is 6.95. The van der Waals surface area contributed by atoms with Gasteiger partial charge in [-0.25, -0.2) is 9.59 Å². The first kappa shape index (κ1) is 26.6. The van der Waals surface area contributed by atoms with Crippen LogP contribution in [0.4, 0.5) is 4.79 Å². The Hall–Kier alpha value is -4.98. The van der Waals surface area contributed by atoms with Crippen LogP contribution < -0.4 is 19.5 Å². The molecule has 0 radical (unpaired) electrons. The smallest absolute Gasteiger partial charge is 0.407 e. The van der Waals surface area contributed by atoms with E-state index in [-0.39, 0.29) is 12.5 Å². The van der Waals surface area contributed by atoms with Crippen LogP contribution >= 0.6 is 0 Å². The molecule has 2 N–H and O–H groups in total. The second kappa shape index (κ2) is 11.8. The molecule has 8 heteroatoms. The summed E-state index contributed by atoms with van der Waals surface area (Å²) in [6, 6.07) is 28.3. The van der Waals surface area contributed by atoms with Crippen LogP contribution in [-0.2, 0) is 9.53 Å². The van der Waals surface area contributed by atoms with Gasteiger partial charge in [0.15, 0.2) is 0 Å². The Morgan fingerprint density at radius 2 is 1.43 bits per heavy atom. The summed E-state index contributed by atoms with van der Waals surface area (Å²) in [4.78, 5) is 25.7. The van der Waals surface area contributed by atoms with Crippen LogP contribution in [0.3, 0.4) is 0 Å². The highest BCUT2D eigenvalue weighted by Gasteiger charge is 2.36. The zero-order chi connectivity index (χ0) is 28.1. The quantitative estimate of drug-likeness (QED) is 0.262. The van der Waals surface area contributed by atoms with Crippen molar-refractivity contribution in [3.8, 4) is 28.4 Å². The van der Waals surface area contributed by atoms with Gasteiger partial charge in [-0.05, 0) is 46.5 Å². The minimum Gasteiger partial charge on any atom is -0.497 e. The van der Waals surface area contributed by atoms with Gasteiger partial charge in [0.1, 0.15) is 29.9 Å². The van der Waals surface area contributed by atoms with E-state index in [1.165, 1.54) is 14.2 Å². The molecule has 0 aliphatic heterocycles. The first-order chi connectivity index (χ1) is 19.5. The Kier molecular flexibility index (Phi) is 7.87. The lowest BCUT2D eigenvalue weighted by Crippen LogP contribution is -2.44. The van der Waals surface area contributed by atoms with E-state index in [1.807, 2.05) is 36.4 Å². The number of benzene rings is 4. The van der Waals surface area contributed by atoms with E-state index < -0.39 is 24.2 Å². The molecule has 0 fully saturated rings. The minimum atomic E-state index is -1.50. The summed E-state index contributed by atoms with van der Waals surface area (Å²) in [7, 11) is 2.97. The second-order valence-electron chi connectivity index (χ2n) is 9.25. The summed E-state index contributed by atoms with van der Waals surface area (Å²) < 4.78 is 22.4. The molecule has 40 heavy (non-hydrogen) atoms. The summed E-state index contributed by atoms with van der Waals surface area (Å²) in [5.74, 6) is -0.252. The number of nitrogens with one attached hydrogen (secondary N) is 1. The number of carboxylic acids is 1. The van der Waals surface area contributed by atoms with Crippen LogP contribution in [0.25, 0.3) is 11.1 Å². The van der Waals surface area contributed by atoms with Crippen LogP contribution in [0, 0.1) is 0 Å². The monoisotopic (exact) mass is 539 g/mol. The Bertz CT molecular complexity index is 1460. The number of fused-ring (bicyclic) bond motifs is 3. The SMILES string of the molecule is COc1ccc(C(NC(=O)OCC2c3ccccc3-c3ccccc32)C(Oc2ccccc2)C(=O)O)c(OC)c1. The molecule has 204 valence electrons. The lowest BCUT2D eigenvalue weighted by atomic mass is 9.98. The van der Waals surface area contributed by atoms with Crippen molar-refractivity contribution in [3.63, 3.8) is 0 Å². The molecular weight excluding hydrogens is 510 g/mol. The van der Waals surface area contributed by atoms with Gasteiger partial charge in [-0.15, -0.1) is 0 Å². The maximum atomic E-state index is 13.3. The van der Waals surface area contributed by atoms with E-state index in [0.717, 1.165) is 22.3 Å². The summed E-state index contributed by atoms with van der Waals surface area (Å²) >= 11 is 0. The molecule has 4 aromatic carbocycles. The number of para-hydroxylation sites is 1. The Labute approximate surface area is 232 Å². The fourth-order valence-corrected chi connectivity index (χ4v) is 5.07. The maximum Gasteiger partial charge on any atom is 0.407 e. The van der Waals surface area contributed by atoms with Crippen molar-refractivity contribution in [2.24, 2.45) is 0 Å². The number of alkyl carbamates (subject to hydrolysis) is 1. The number of hydrogen-bond donors (Lipinski definition) is 2. The third kappa shape index (κ3) is 5.42. The molecule has 0 heterocycles. The topological polar surface area (TPSA) is 103 Å². The number of methoxy groups -OCH3 is 2. The molecule has 8 nitrogen and oxygen atoms in total. The molecular formula is C32H29NO7. The van der Waals surface area contributed by atoms with Crippen molar-refractivity contribution in [2.45, 2.75) is 18.1 Å². The Balaban J connectivity index is 1.42. The first-order valence-electron chi connectivity index (χ1n) is 12.8. The molecule has 0 spiro atoms. The third-order valence-electron chi connectivity index (χ3n) is 6.95. The lowest BCUT2D eigenvalue weighted by Gasteiger charge is -2.27. The fraction of sp³-hybridized carbons (Fsp3) is 0.188. The van der Waals surface area contributed by atoms with Crippen LogP contribution in [0.5, 0.6) is 17.2 Å². The van der Waals surface area contributed by atoms with Crippen molar-refractivity contribution in [1.82, 2.24) is 5.32 Å². The van der Waals surface area contributed by atoms with Gasteiger partial charge in [-0.1, -0.05) is 66.7 Å². The summed E-state index contributed by atoms with van der Waals surface area (Å²) in [5, 5.41) is 12.9. The average molecular weight is 540 g/mol. The average Bonchev–Trinajstić information content (AvgIpc) is 3.31. The van der Waals surface area contributed by atoms with Gasteiger partial charge in [0, 0.05) is 17.5 Å². The standard InChI is InChI=1S/C32H29NO7/c1-37-21-16-17-26(28(18-21)38-2)29(30(31(34)35)40-20-10-4-3-5-11-20)33-32(36)39-19-27-24-14-8-6-12-22(24)23-13-7-9-15-25(23)27/h3-18,27,29-30H,19H2,1-2H3,(H,33,36)(H,34,35). The number of carbonyl (C=O) groups excluding carboxylic acids is 1. The van der Waals surface area contributed by atoms with Gasteiger partial charge < -0.3 is 29.4 Å². The highest BCUT2D eigenvalue weighted by atomic mass is 16.6. The molecule has 0 saturated heterocycles. The number of ether oxygens (including phenoxy) is 4. The van der Waals surface area contributed by atoms with Crippen molar-refractivity contribution in [2.75, 3.05) is 20.8 Å². The normalized spacial score (nSPS) is 13.3. The largest absolute Gasteiger partial charge is 0.497 e. The zero-order valence-corrected chi connectivity index (χ0v) is 22.1. The maximum absolute atomic E-state index is 13.3. The van der Waals surface area contributed by atoms with Gasteiger partial charge in [-0.2, -0.15) is 0 Å². The highest BCUT2D eigenvalue weighted by molar-refractivity contribution is 5.79. The zero-order valence-electron chi connectivity index (χ0n) is 22.1. The first-order valence-corrected chi connectivity index (χ1v) is 12.8. The van der Waals surface area contributed by atoms with Crippen molar-refractivity contribution >= 4 is 12.1 Å². The fourth-order valence-electron chi connectivity index (χ4n) is 5.07. The molecule has 0 saturated carbocycles. The molecule has 2 unspecified atom stereocenters. The number of amides is 1. The van der Waals surface area contributed by atoms with E-state index in [0.29, 0.717) is 22.8 Å². The van der Waals surface area contributed by atoms with E-state index in [1.54, 1.807) is 48.5 Å². The van der Waals surface area contributed by atoms with Crippen molar-refractivity contribution in [3.05, 3.63) is 114 Å². The lowest BCUT2D eigenvalue weighted by molar-refractivity contribution is -0.146. The van der Waals surface area contributed by atoms with Gasteiger partial charge in [0.05, 0.1) is 14.2 Å². The van der Waals surface area contributed by atoms with Crippen LogP contribution in [0.2, 0.25) is 0 Å².